The standard InChI is InChI=1S/C31H28ClN3O3S/c1-2-3-4-5-18-37-22-15-12-20(13-16-22)29(36)35-31(39)33-21-14-17-28-27(19-21)34-30(38-28)25-10-6-9-24-23(25)8-7-11-26(24)32/h6-17,19H,2-5,18H2,1H3,(H2,33,35,36,39). The summed E-state index contributed by atoms with van der Waals surface area (Å²) in [6, 6.07) is 24.1. The number of hydrogen-bond donors (Lipinski definition) is 2. The van der Waals surface area contributed by atoms with E-state index in [1.165, 1.54) is 12.8 Å². The van der Waals surface area contributed by atoms with Crippen LogP contribution >= 0.6 is 23.8 Å². The molecular formula is C31H28ClN3O3S. The van der Waals surface area contributed by atoms with Gasteiger partial charge in [-0.1, -0.05) is 62.1 Å². The predicted octanol–water partition coefficient (Wildman–Crippen LogP) is 8.39. The summed E-state index contributed by atoms with van der Waals surface area (Å²) < 4.78 is 11.8. The third kappa shape index (κ3) is 6.38. The van der Waals surface area contributed by atoms with E-state index < -0.39 is 0 Å². The van der Waals surface area contributed by atoms with Gasteiger partial charge in [-0.2, -0.15) is 0 Å². The van der Waals surface area contributed by atoms with Crippen LogP contribution in [0.15, 0.2) is 83.3 Å². The zero-order chi connectivity index (χ0) is 27.2. The number of oxazole rings is 1. The Kier molecular flexibility index (Phi) is 8.39. The summed E-state index contributed by atoms with van der Waals surface area (Å²) in [7, 11) is 0. The second-order valence-corrected chi connectivity index (χ2v) is 10.00. The summed E-state index contributed by atoms with van der Waals surface area (Å²) in [5, 5.41) is 8.53. The van der Waals surface area contributed by atoms with Crippen LogP contribution in [0.1, 0.15) is 43.0 Å². The Morgan fingerprint density at radius 2 is 1.77 bits per heavy atom. The smallest absolute Gasteiger partial charge is 0.257 e. The Hall–Kier alpha value is -3.94. The fourth-order valence-electron chi connectivity index (χ4n) is 4.34. The summed E-state index contributed by atoms with van der Waals surface area (Å²) in [5.74, 6) is 0.941. The Morgan fingerprint density at radius 3 is 2.59 bits per heavy atom. The van der Waals surface area contributed by atoms with Crippen molar-refractivity contribution in [3.8, 4) is 17.2 Å². The van der Waals surface area contributed by atoms with Gasteiger partial charge in [0.05, 0.1) is 6.61 Å². The quantitative estimate of drug-likeness (QED) is 0.140. The first-order chi connectivity index (χ1) is 19.0. The maximum atomic E-state index is 12.7. The van der Waals surface area contributed by atoms with Crippen molar-refractivity contribution in [3.05, 3.63) is 89.4 Å². The highest BCUT2D eigenvalue weighted by Crippen LogP contribution is 2.34. The fraction of sp³-hybridized carbons (Fsp3) is 0.194. The number of carbonyl (C=O) groups excluding carboxylic acids is 1. The SMILES string of the molecule is CCCCCCOc1ccc(C(=O)NC(=S)Nc2ccc3oc(-c4cccc5c(Cl)cccc45)nc3c2)cc1. The summed E-state index contributed by atoms with van der Waals surface area (Å²) in [6.45, 7) is 2.86. The molecule has 0 aliphatic heterocycles. The molecule has 0 unspecified atom stereocenters. The Bertz CT molecular complexity index is 1630. The molecule has 0 spiro atoms. The third-order valence-electron chi connectivity index (χ3n) is 6.35. The molecular weight excluding hydrogens is 530 g/mol. The van der Waals surface area contributed by atoms with Crippen LogP contribution in [0.4, 0.5) is 5.69 Å². The zero-order valence-electron chi connectivity index (χ0n) is 21.5. The van der Waals surface area contributed by atoms with Crippen LogP contribution in [0.2, 0.25) is 5.02 Å². The first-order valence-electron chi connectivity index (χ1n) is 13.0. The van der Waals surface area contributed by atoms with Gasteiger partial charge in [0.2, 0.25) is 5.89 Å². The number of carbonyl (C=O) groups is 1. The molecule has 0 saturated carbocycles. The lowest BCUT2D eigenvalue weighted by molar-refractivity contribution is 0.0977. The van der Waals surface area contributed by atoms with Gasteiger partial charge in [0.25, 0.3) is 5.91 Å². The highest BCUT2D eigenvalue weighted by atomic mass is 35.5. The van der Waals surface area contributed by atoms with E-state index in [9.17, 15) is 4.79 Å². The lowest BCUT2D eigenvalue weighted by atomic mass is 10.0. The molecule has 39 heavy (non-hydrogen) atoms. The van der Waals surface area contributed by atoms with Crippen molar-refractivity contribution < 1.29 is 13.9 Å². The van der Waals surface area contributed by atoms with Crippen molar-refractivity contribution in [1.29, 1.82) is 0 Å². The lowest BCUT2D eigenvalue weighted by Gasteiger charge is -2.10. The number of unbranched alkanes of at least 4 members (excludes halogenated alkanes) is 3. The molecule has 5 rings (SSSR count). The molecule has 5 aromatic rings. The van der Waals surface area contributed by atoms with Gasteiger partial charge in [0.15, 0.2) is 10.7 Å². The summed E-state index contributed by atoms with van der Waals surface area (Å²) >= 11 is 11.7. The molecule has 6 nitrogen and oxygen atoms in total. The number of nitrogens with zero attached hydrogens (tertiary/aromatic N) is 1. The molecule has 4 aromatic carbocycles. The second-order valence-electron chi connectivity index (χ2n) is 9.18. The van der Waals surface area contributed by atoms with E-state index in [0.717, 1.165) is 34.9 Å². The largest absolute Gasteiger partial charge is 0.494 e. The number of amides is 1. The molecule has 198 valence electrons. The van der Waals surface area contributed by atoms with Crippen LogP contribution in [0, 0.1) is 0 Å². The number of fused-ring (bicyclic) bond motifs is 2. The number of rotatable bonds is 9. The number of nitrogens with one attached hydrogen (secondary N) is 2. The van der Waals surface area contributed by atoms with E-state index in [-0.39, 0.29) is 11.0 Å². The van der Waals surface area contributed by atoms with Crippen LogP contribution in [0.5, 0.6) is 5.75 Å². The fourth-order valence-corrected chi connectivity index (χ4v) is 4.79. The summed E-state index contributed by atoms with van der Waals surface area (Å²) in [4.78, 5) is 17.4. The minimum atomic E-state index is -0.304. The van der Waals surface area contributed by atoms with E-state index in [4.69, 9.17) is 38.0 Å². The maximum Gasteiger partial charge on any atom is 0.257 e. The number of anilines is 1. The molecule has 8 heteroatoms. The first-order valence-corrected chi connectivity index (χ1v) is 13.7. The average Bonchev–Trinajstić information content (AvgIpc) is 3.36. The lowest BCUT2D eigenvalue weighted by Crippen LogP contribution is -2.34. The van der Waals surface area contributed by atoms with Gasteiger partial charge < -0.3 is 14.5 Å². The maximum absolute atomic E-state index is 12.7. The molecule has 0 bridgehead atoms. The second kappa shape index (κ2) is 12.3. The van der Waals surface area contributed by atoms with Crippen LogP contribution in [-0.2, 0) is 0 Å². The number of benzene rings is 4. The van der Waals surface area contributed by atoms with E-state index in [1.807, 2.05) is 54.6 Å². The molecule has 0 aliphatic carbocycles. The van der Waals surface area contributed by atoms with Gasteiger partial charge in [-0.05, 0) is 78.6 Å². The van der Waals surface area contributed by atoms with Crippen LogP contribution < -0.4 is 15.4 Å². The van der Waals surface area contributed by atoms with Crippen molar-refractivity contribution in [2.24, 2.45) is 0 Å². The van der Waals surface area contributed by atoms with Crippen molar-refractivity contribution in [1.82, 2.24) is 10.3 Å². The molecule has 0 radical (unpaired) electrons. The molecule has 1 amide bonds. The van der Waals surface area contributed by atoms with E-state index in [2.05, 4.69) is 17.6 Å². The van der Waals surface area contributed by atoms with Gasteiger partial charge >= 0.3 is 0 Å². The van der Waals surface area contributed by atoms with E-state index in [1.54, 1.807) is 24.3 Å². The van der Waals surface area contributed by atoms with Crippen molar-refractivity contribution >= 4 is 62.4 Å². The normalized spacial score (nSPS) is 11.0. The van der Waals surface area contributed by atoms with Gasteiger partial charge in [-0.25, -0.2) is 4.98 Å². The summed E-state index contributed by atoms with van der Waals surface area (Å²) in [6.07, 6.45) is 4.59. The monoisotopic (exact) mass is 557 g/mol. The molecule has 1 aromatic heterocycles. The summed E-state index contributed by atoms with van der Waals surface area (Å²) in [5.41, 5.74) is 3.33. The number of aromatic nitrogens is 1. The third-order valence-corrected chi connectivity index (χ3v) is 6.89. The minimum Gasteiger partial charge on any atom is -0.494 e. The van der Waals surface area contributed by atoms with E-state index in [0.29, 0.717) is 39.9 Å². The van der Waals surface area contributed by atoms with Crippen LogP contribution in [0.25, 0.3) is 33.3 Å². The van der Waals surface area contributed by atoms with Crippen LogP contribution in [0.3, 0.4) is 0 Å². The molecule has 1 heterocycles. The number of halogens is 1. The molecule has 0 atom stereocenters. The Balaban J connectivity index is 1.22. The van der Waals surface area contributed by atoms with Crippen LogP contribution in [-0.4, -0.2) is 22.6 Å². The van der Waals surface area contributed by atoms with Gasteiger partial charge in [-0.15, -0.1) is 0 Å². The Morgan fingerprint density at radius 1 is 0.974 bits per heavy atom. The molecule has 0 fully saturated rings. The van der Waals surface area contributed by atoms with Crippen molar-refractivity contribution in [2.45, 2.75) is 32.6 Å². The molecule has 0 saturated heterocycles. The van der Waals surface area contributed by atoms with Crippen molar-refractivity contribution in [2.75, 3.05) is 11.9 Å². The number of ether oxygens (including phenoxy) is 1. The van der Waals surface area contributed by atoms with Gasteiger partial charge in [0.1, 0.15) is 11.3 Å². The highest BCUT2D eigenvalue weighted by molar-refractivity contribution is 7.80. The first kappa shape index (κ1) is 26.7. The van der Waals surface area contributed by atoms with E-state index >= 15 is 0 Å². The Labute approximate surface area is 237 Å². The minimum absolute atomic E-state index is 0.183. The topological polar surface area (TPSA) is 76.4 Å². The number of hydrogen-bond acceptors (Lipinski definition) is 5. The van der Waals surface area contributed by atoms with Gasteiger partial charge in [0, 0.05) is 27.2 Å². The predicted molar refractivity (Wildman–Crippen MR) is 162 cm³/mol. The molecule has 2 N–H and O–H groups in total. The number of thiocarbonyl (C=S) groups is 1. The average molecular weight is 558 g/mol. The zero-order valence-corrected chi connectivity index (χ0v) is 23.1. The molecule has 0 aliphatic rings. The van der Waals surface area contributed by atoms with Crippen molar-refractivity contribution in [3.63, 3.8) is 0 Å². The van der Waals surface area contributed by atoms with Gasteiger partial charge in [-0.3, -0.25) is 10.1 Å². The highest BCUT2D eigenvalue weighted by Gasteiger charge is 2.14.